The number of pyridine rings is 1. The minimum Gasteiger partial charge on any atom is -0.456 e. The van der Waals surface area contributed by atoms with E-state index in [9.17, 15) is 9.59 Å². The van der Waals surface area contributed by atoms with Crippen LogP contribution in [-0.2, 0) is 22.6 Å². The Hall–Kier alpha value is -3.39. The zero-order valence-electron chi connectivity index (χ0n) is 15.0. The van der Waals surface area contributed by atoms with Crippen LogP contribution in [0.25, 0.3) is 21.9 Å². The topological polar surface area (TPSA) is 86.5 Å². The molecule has 0 bridgehead atoms. The summed E-state index contributed by atoms with van der Waals surface area (Å²) in [6.45, 7) is 1.88. The van der Waals surface area contributed by atoms with Crippen molar-refractivity contribution >= 4 is 39.2 Å². The molecular formula is C20H16N4O3S. The van der Waals surface area contributed by atoms with Crippen molar-refractivity contribution in [2.24, 2.45) is 0 Å². The van der Waals surface area contributed by atoms with Crippen LogP contribution in [0.2, 0.25) is 0 Å². The third kappa shape index (κ3) is 3.81. The first kappa shape index (κ1) is 18.0. The Morgan fingerprint density at radius 1 is 1.21 bits per heavy atom. The average molecular weight is 392 g/mol. The highest BCUT2D eigenvalue weighted by atomic mass is 32.1. The molecule has 1 aromatic carbocycles. The van der Waals surface area contributed by atoms with Gasteiger partial charge in [0, 0.05) is 17.5 Å². The maximum atomic E-state index is 12.1. The van der Waals surface area contributed by atoms with Gasteiger partial charge in [0.1, 0.15) is 11.6 Å². The lowest BCUT2D eigenvalue weighted by Crippen LogP contribution is -2.16. The second-order valence-corrected chi connectivity index (χ2v) is 7.04. The molecule has 3 aromatic heterocycles. The fourth-order valence-corrected chi connectivity index (χ4v) is 3.49. The molecule has 0 atom stereocenters. The maximum Gasteiger partial charge on any atom is 0.331 e. The molecule has 0 amide bonds. The summed E-state index contributed by atoms with van der Waals surface area (Å²) in [6.07, 6.45) is 3.63. The van der Waals surface area contributed by atoms with Crippen LogP contribution < -0.4 is 5.56 Å². The van der Waals surface area contributed by atoms with E-state index in [1.807, 2.05) is 43.3 Å². The first-order valence-electron chi connectivity index (χ1n) is 8.71. The summed E-state index contributed by atoms with van der Waals surface area (Å²) in [5.74, 6) is -0.532. The fraction of sp³-hybridized carbons (Fsp3) is 0.150. The zero-order chi connectivity index (χ0) is 19.5. The first-order valence-corrected chi connectivity index (χ1v) is 9.53. The Morgan fingerprint density at radius 3 is 2.93 bits per heavy atom. The van der Waals surface area contributed by atoms with Crippen molar-refractivity contribution in [1.82, 2.24) is 19.6 Å². The maximum absolute atomic E-state index is 12.1. The Kier molecular flexibility index (Phi) is 4.94. The van der Waals surface area contributed by atoms with Gasteiger partial charge < -0.3 is 4.74 Å². The van der Waals surface area contributed by atoms with Crippen LogP contribution in [0.4, 0.5) is 0 Å². The molecule has 0 unspecified atom stereocenters. The van der Waals surface area contributed by atoms with Gasteiger partial charge in [0.2, 0.25) is 4.96 Å². The number of para-hydroxylation sites is 1. The number of hydrogen-bond acceptors (Lipinski definition) is 7. The molecular weight excluding hydrogens is 376 g/mol. The van der Waals surface area contributed by atoms with Crippen molar-refractivity contribution in [1.29, 1.82) is 0 Å². The second kappa shape index (κ2) is 7.69. The normalized spacial score (nSPS) is 11.5. The summed E-state index contributed by atoms with van der Waals surface area (Å²) < 4.78 is 6.46. The summed E-state index contributed by atoms with van der Waals surface area (Å²) in [5.41, 5.74) is 1.61. The van der Waals surface area contributed by atoms with Gasteiger partial charge in [-0.3, -0.25) is 4.79 Å². The van der Waals surface area contributed by atoms with Crippen LogP contribution >= 0.6 is 11.3 Å². The SMILES string of the molecule is CCc1nn2c(=O)cc(COC(=O)/C=C/c3ccc4ccccc4n3)nc2s1. The number of esters is 1. The quantitative estimate of drug-likeness (QED) is 0.383. The highest BCUT2D eigenvalue weighted by Gasteiger charge is 2.09. The molecule has 0 spiro atoms. The van der Waals surface area contributed by atoms with E-state index in [0.29, 0.717) is 16.3 Å². The van der Waals surface area contributed by atoms with E-state index in [-0.39, 0.29) is 12.2 Å². The van der Waals surface area contributed by atoms with Crippen LogP contribution in [0, 0.1) is 0 Å². The summed E-state index contributed by atoms with van der Waals surface area (Å²) in [4.78, 5) is 33.4. The number of aryl methyl sites for hydroxylation is 1. The molecule has 4 aromatic rings. The monoisotopic (exact) mass is 392 g/mol. The lowest BCUT2D eigenvalue weighted by atomic mass is 10.2. The van der Waals surface area contributed by atoms with Crippen LogP contribution in [0.3, 0.4) is 0 Å². The molecule has 8 heteroatoms. The van der Waals surface area contributed by atoms with Gasteiger partial charge >= 0.3 is 5.97 Å². The summed E-state index contributed by atoms with van der Waals surface area (Å²) >= 11 is 1.35. The third-order valence-corrected chi connectivity index (χ3v) is 5.07. The Morgan fingerprint density at radius 2 is 2.07 bits per heavy atom. The lowest BCUT2D eigenvalue weighted by molar-refractivity contribution is -0.139. The predicted molar refractivity (Wildman–Crippen MR) is 107 cm³/mol. The Labute approximate surface area is 164 Å². The van der Waals surface area contributed by atoms with E-state index in [1.165, 1.54) is 28.0 Å². The summed E-state index contributed by atoms with van der Waals surface area (Å²) in [6, 6.07) is 12.8. The third-order valence-electron chi connectivity index (χ3n) is 4.01. The number of ether oxygens (including phenoxy) is 1. The van der Waals surface area contributed by atoms with E-state index >= 15 is 0 Å². The van der Waals surface area contributed by atoms with Crippen molar-refractivity contribution in [3.8, 4) is 0 Å². The number of rotatable bonds is 5. The van der Waals surface area contributed by atoms with E-state index in [4.69, 9.17) is 4.74 Å². The number of nitrogens with zero attached hydrogens (tertiary/aromatic N) is 4. The molecule has 0 N–H and O–H groups in total. The minimum absolute atomic E-state index is 0.0839. The standard InChI is InChI=1S/C20H16N4O3S/c1-2-17-23-24-18(25)11-15(22-20(24)28-17)12-27-19(26)10-9-14-8-7-13-5-3-4-6-16(13)21-14/h3-11H,2,12H2,1H3/b10-9+. The lowest BCUT2D eigenvalue weighted by Gasteiger charge is -2.01. The van der Waals surface area contributed by atoms with Crippen LogP contribution in [0.5, 0.6) is 0 Å². The largest absolute Gasteiger partial charge is 0.456 e. The van der Waals surface area contributed by atoms with Gasteiger partial charge in [-0.05, 0) is 24.6 Å². The summed E-state index contributed by atoms with van der Waals surface area (Å²) in [7, 11) is 0. The van der Waals surface area contributed by atoms with Crippen molar-refractivity contribution in [2.45, 2.75) is 20.0 Å². The van der Waals surface area contributed by atoms with Crippen LogP contribution in [0.1, 0.15) is 23.3 Å². The second-order valence-electron chi connectivity index (χ2n) is 6.00. The zero-order valence-corrected chi connectivity index (χ0v) is 15.8. The Bertz CT molecular complexity index is 1260. The van der Waals surface area contributed by atoms with Crippen molar-refractivity contribution in [3.63, 3.8) is 0 Å². The minimum atomic E-state index is -0.532. The van der Waals surface area contributed by atoms with Crippen LogP contribution in [-0.4, -0.2) is 25.6 Å². The van der Waals surface area contributed by atoms with E-state index < -0.39 is 5.97 Å². The van der Waals surface area contributed by atoms with Gasteiger partial charge in [-0.15, -0.1) is 0 Å². The van der Waals surface area contributed by atoms with Gasteiger partial charge in [-0.25, -0.2) is 14.8 Å². The van der Waals surface area contributed by atoms with E-state index in [0.717, 1.165) is 22.3 Å². The van der Waals surface area contributed by atoms with Gasteiger partial charge in [0.25, 0.3) is 5.56 Å². The van der Waals surface area contributed by atoms with E-state index in [1.54, 1.807) is 6.08 Å². The molecule has 0 radical (unpaired) electrons. The fourth-order valence-electron chi connectivity index (χ4n) is 2.63. The number of carbonyl (C=O) groups is 1. The number of aromatic nitrogens is 4. The highest BCUT2D eigenvalue weighted by Crippen LogP contribution is 2.13. The summed E-state index contributed by atoms with van der Waals surface area (Å²) in [5, 5.41) is 6.04. The van der Waals surface area contributed by atoms with Crippen LogP contribution in [0.15, 0.2) is 53.3 Å². The van der Waals surface area contributed by atoms with Crippen molar-refractivity contribution < 1.29 is 9.53 Å². The van der Waals surface area contributed by atoms with Gasteiger partial charge in [0.15, 0.2) is 0 Å². The molecule has 0 saturated heterocycles. The van der Waals surface area contributed by atoms with E-state index in [2.05, 4.69) is 15.1 Å². The van der Waals surface area contributed by atoms with Crippen molar-refractivity contribution in [2.75, 3.05) is 0 Å². The van der Waals surface area contributed by atoms with Gasteiger partial charge in [-0.1, -0.05) is 42.5 Å². The number of hydrogen-bond donors (Lipinski definition) is 0. The first-order chi connectivity index (χ1) is 13.6. The molecule has 0 fully saturated rings. The number of fused-ring (bicyclic) bond motifs is 2. The molecule has 140 valence electrons. The highest BCUT2D eigenvalue weighted by molar-refractivity contribution is 7.16. The van der Waals surface area contributed by atoms with Crippen molar-refractivity contribution in [3.05, 3.63) is 75.3 Å². The van der Waals surface area contributed by atoms with Gasteiger partial charge in [0.05, 0.1) is 16.9 Å². The molecule has 28 heavy (non-hydrogen) atoms. The smallest absolute Gasteiger partial charge is 0.331 e. The molecule has 7 nitrogen and oxygen atoms in total. The molecule has 0 aliphatic heterocycles. The molecule has 3 heterocycles. The number of carbonyl (C=O) groups excluding carboxylic acids is 1. The molecule has 0 aliphatic carbocycles. The number of benzene rings is 1. The average Bonchev–Trinajstić information content (AvgIpc) is 3.14. The molecule has 0 aliphatic rings. The Balaban J connectivity index is 1.44. The molecule has 0 saturated carbocycles. The predicted octanol–water partition coefficient (Wildman–Crippen LogP) is 3.02. The molecule has 4 rings (SSSR count). The van der Waals surface area contributed by atoms with Gasteiger partial charge in [-0.2, -0.15) is 9.61 Å².